The molecule has 0 saturated carbocycles. The minimum atomic E-state index is -0.444. The smallest absolute Gasteiger partial charge is 0.231 e. The van der Waals surface area contributed by atoms with Gasteiger partial charge in [-0.1, -0.05) is 12.1 Å². The lowest BCUT2D eigenvalue weighted by molar-refractivity contribution is 0.173. The Morgan fingerprint density at radius 1 is 1.00 bits per heavy atom. The maximum Gasteiger partial charge on any atom is 0.231 e. The molecule has 1 heterocycles. The number of ether oxygens (including phenoxy) is 2. The molecular formula is C15H13F2NO2. The van der Waals surface area contributed by atoms with E-state index in [4.69, 9.17) is 9.47 Å². The third-order valence-corrected chi connectivity index (χ3v) is 3.12. The summed E-state index contributed by atoms with van der Waals surface area (Å²) in [5.41, 5.74) is 1.23. The van der Waals surface area contributed by atoms with Gasteiger partial charge in [0.2, 0.25) is 6.79 Å². The van der Waals surface area contributed by atoms with E-state index in [1.54, 1.807) is 0 Å². The summed E-state index contributed by atoms with van der Waals surface area (Å²) in [5, 5.41) is 3.07. The van der Waals surface area contributed by atoms with Crippen LogP contribution >= 0.6 is 0 Å². The quantitative estimate of drug-likeness (QED) is 0.932. The van der Waals surface area contributed by atoms with Gasteiger partial charge < -0.3 is 14.8 Å². The number of benzene rings is 2. The average molecular weight is 277 g/mol. The van der Waals surface area contributed by atoms with Crippen LogP contribution in [0.15, 0.2) is 36.4 Å². The molecule has 0 aromatic heterocycles. The fraction of sp³-hybridized carbons (Fsp3) is 0.200. The Labute approximate surface area is 115 Å². The lowest BCUT2D eigenvalue weighted by Gasteiger charge is -2.08. The molecule has 0 radical (unpaired) electrons. The topological polar surface area (TPSA) is 30.5 Å². The van der Waals surface area contributed by atoms with Gasteiger partial charge in [0.25, 0.3) is 0 Å². The zero-order valence-corrected chi connectivity index (χ0v) is 10.7. The molecule has 1 aliphatic rings. The molecule has 0 fully saturated rings. The summed E-state index contributed by atoms with van der Waals surface area (Å²) in [5.74, 6) is 0.554. The molecule has 20 heavy (non-hydrogen) atoms. The monoisotopic (exact) mass is 277 g/mol. The summed E-state index contributed by atoms with van der Waals surface area (Å²) in [6, 6.07) is 9.03. The third-order valence-electron chi connectivity index (χ3n) is 3.12. The van der Waals surface area contributed by atoms with Crippen LogP contribution in [-0.4, -0.2) is 6.79 Å². The van der Waals surface area contributed by atoms with Crippen LogP contribution in [0.2, 0.25) is 0 Å². The van der Waals surface area contributed by atoms with Gasteiger partial charge in [0.1, 0.15) is 11.6 Å². The molecule has 0 bridgehead atoms. The van der Waals surface area contributed by atoms with Gasteiger partial charge in [-0.3, -0.25) is 0 Å². The van der Waals surface area contributed by atoms with E-state index < -0.39 is 11.6 Å². The maximum atomic E-state index is 13.5. The number of hydrogen-bond donors (Lipinski definition) is 1. The number of rotatable bonds is 4. The van der Waals surface area contributed by atoms with E-state index in [-0.39, 0.29) is 13.3 Å². The predicted octanol–water partition coefficient (Wildman–Crippen LogP) is 2.98. The first kappa shape index (κ1) is 12.9. The van der Waals surface area contributed by atoms with Crippen molar-refractivity contribution < 1.29 is 18.3 Å². The van der Waals surface area contributed by atoms with Crippen LogP contribution in [0.3, 0.4) is 0 Å². The predicted molar refractivity (Wildman–Crippen MR) is 69.5 cm³/mol. The van der Waals surface area contributed by atoms with Gasteiger partial charge in [-0.25, -0.2) is 8.78 Å². The van der Waals surface area contributed by atoms with Crippen LogP contribution in [-0.2, 0) is 13.1 Å². The molecule has 0 spiro atoms. The fourth-order valence-corrected chi connectivity index (χ4v) is 2.14. The molecule has 104 valence electrons. The van der Waals surface area contributed by atoms with E-state index in [0.29, 0.717) is 23.6 Å². The van der Waals surface area contributed by atoms with Gasteiger partial charge in [-0.05, 0) is 24.3 Å². The van der Waals surface area contributed by atoms with Gasteiger partial charge in [0.05, 0.1) is 0 Å². The molecule has 2 aromatic carbocycles. The number of para-hydroxylation sites is 1. The van der Waals surface area contributed by atoms with E-state index in [9.17, 15) is 8.78 Å². The first-order valence-corrected chi connectivity index (χ1v) is 6.26. The molecular weight excluding hydrogens is 264 g/mol. The van der Waals surface area contributed by atoms with E-state index in [0.717, 1.165) is 17.7 Å². The van der Waals surface area contributed by atoms with E-state index in [2.05, 4.69) is 5.32 Å². The summed E-state index contributed by atoms with van der Waals surface area (Å²) in [4.78, 5) is 0. The Hall–Kier alpha value is -2.14. The number of nitrogens with one attached hydrogen (secondary N) is 1. The fourth-order valence-electron chi connectivity index (χ4n) is 2.14. The van der Waals surface area contributed by atoms with E-state index >= 15 is 0 Å². The zero-order chi connectivity index (χ0) is 13.9. The third kappa shape index (κ3) is 2.58. The molecule has 5 heteroatoms. The summed E-state index contributed by atoms with van der Waals surface area (Å²) in [7, 11) is 0. The minimum absolute atomic E-state index is 0.213. The Bertz CT molecular complexity index is 631. The van der Waals surface area contributed by atoms with Gasteiger partial charge >= 0.3 is 0 Å². The Kier molecular flexibility index (Phi) is 3.52. The minimum Gasteiger partial charge on any atom is -0.454 e. The summed E-state index contributed by atoms with van der Waals surface area (Å²) in [6.45, 7) is 0.946. The summed E-state index contributed by atoms with van der Waals surface area (Å²) in [6.07, 6.45) is 0. The molecule has 1 N–H and O–H groups in total. The largest absolute Gasteiger partial charge is 0.454 e. The summed E-state index contributed by atoms with van der Waals surface area (Å²) >= 11 is 0. The van der Waals surface area contributed by atoms with Crippen LogP contribution in [0.1, 0.15) is 11.1 Å². The molecule has 3 nitrogen and oxygen atoms in total. The number of fused-ring (bicyclic) bond motifs is 1. The molecule has 3 rings (SSSR count). The summed E-state index contributed by atoms with van der Waals surface area (Å²) < 4.78 is 37.2. The highest BCUT2D eigenvalue weighted by Gasteiger charge is 2.16. The highest BCUT2D eigenvalue weighted by molar-refractivity contribution is 5.48. The molecule has 2 aromatic rings. The number of halogens is 2. The van der Waals surface area contributed by atoms with Crippen molar-refractivity contribution in [3.63, 3.8) is 0 Å². The van der Waals surface area contributed by atoms with Crippen molar-refractivity contribution in [2.45, 2.75) is 13.1 Å². The van der Waals surface area contributed by atoms with E-state index in [1.165, 1.54) is 6.07 Å². The first-order valence-electron chi connectivity index (χ1n) is 6.26. The highest BCUT2D eigenvalue weighted by Crippen LogP contribution is 2.35. The standard InChI is InChI=1S/C15H13F2NO2/c16-12-4-5-13(17)11(6-12)8-18-7-10-2-1-3-14-15(10)20-9-19-14/h1-6,18H,7-9H2. The van der Waals surface area contributed by atoms with Crippen LogP contribution in [0, 0.1) is 11.6 Å². The second-order valence-corrected chi connectivity index (χ2v) is 4.49. The molecule has 1 aliphatic heterocycles. The second-order valence-electron chi connectivity index (χ2n) is 4.49. The molecule has 0 saturated heterocycles. The van der Waals surface area contributed by atoms with Crippen molar-refractivity contribution in [3.8, 4) is 11.5 Å². The van der Waals surface area contributed by atoms with Crippen LogP contribution in [0.25, 0.3) is 0 Å². The van der Waals surface area contributed by atoms with Crippen molar-refractivity contribution in [3.05, 3.63) is 59.2 Å². The zero-order valence-electron chi connectivity index (χ0n) is 10.7. The number of hydrogen-bond acceptors (Lipinski definition) is 3. The lowest BCUT2D eigenvalue weighted by Crippen LogP contribution is -2.14. The van der Waals surface area contributed by atoms with Crippen LogP contribution < -0.4 is 14.8 Å². The molecule has 0 unspecified atom stereocenters. The van der Waals surface area contributed by atoms with Crippen molar-refractivity contribution in [2.75, 3.05) is 6.79 Å². The van der Waals surface area contributed by atoms with Gasteiger partial charge in [0, 0.05) is 24.2 Å². The molecule has 0 aliphatic carbocycles. The van der Waals surface area contributed by atoms with Crippen LogP contribution in [0.5, 0.6) is 11.5 Å². The average Bonchev–Trinajstić information content (AvgIpc) is 2.92. The van der Waals surface area contributed by atoms with Crippen LogP contribution in [0.4, 0.5) is 8.78 Å². The van der Waals surface area contributed by atoms with Gasteiger partial charge in [0.15, 0.2) is 11.5 Å². The van der Waals surface area contributed by atoms with Gasteiger partial charge in [-0.2, -0.15) is 0 Å². The first-order chi connectivity index (χ1) is 9.74. The van der Waals surface area contributed by atoms with Crippen molar-refractivity contribution in [2.24, 2.45) is 0 Å². The van der Waals surface area contributed by atoms with Gasteiger partial charge in [-0.15, -0.1) is 0 Å². The Balaban J connectivity index is 1.66. The second kappa shape index (κ2) is 5.46. The molecule has 0 amide bonds. The maximum absolute atomic E-state index is 13.5. The highest BCUT2D eigenvalue weighted by atomic mass is 19.1. The Morgan fingerprint density at radius 3 is 2.75 bits per heavy atom. The van der Waals surface area contributed by atoms with Crippen molar-refractivity contribution in [1.29, 1.82) is 0 Å². The lowest BCUT2D eigenvalue weighted by atomic mass is 10.1. The van der Waals surface area contributed by atoms with Crippen molar-refractivity contribution >= 4 is 0 Å². The normalized spacial score (nSPS) is 12.7. The molecule has 0 atom stereocenters. The van der Waals surface area contributed by atoms with E-state index in [1.807, 2.05) is 18.2 Å². The van der Waals surface area contributed by atoms with Crippen molar-refractivity contribution in [1.82, 2.24) is 5.32 Å². The Morgan fingerprint density at radius 2 is 1.85 bits per heavy atom. The SMILES string of the molecule is Fc1ccc(F)c(CNCc2cccc3c2OCO3)c1.